The van der Waals surface area contributed by atoms with Crippen molar-refractivity contribution in [3.63, 3.8) is 0 Å². The van der Waals surface area contributed by atoms with Crippen LogP contribution in [-0.2, 0) is 28.6 Å². The lowest BCUT2D eigenvalue weighted by Crippen LogP contribution is -2.30. The Morgan fingerprint density at radius 3 is 0.827 bits per heavy atom. The van der Waals surface area contributed by atoms with E-state index in [0.29, 0.717) is 19.3 Å². The van der Waals surface area contributed by atoms with Crippen LogP contribution in [0, 0.1) is 0 Å². The van der Waals surface area contributed by atoms with E-state index in [1.807, 2.05) is 0 Å². The molecule has 0 radical (unpaired) electrons. The van der Waals surface area contributed by atoms with Gasteiger partial charge in [0.05, 0.1) is 0 Å². The fraction of sp³-hybridized carbons (Fsp3) is 0.667. The summed E-state index contributed by atoms with van der Waals surface area (Å²) >= 11 is 0. The maximum atomic E-state index is 12.9. The van der Waals surface area contributed by atoms with Gasteiger partial charge >= 0.3 is 17.9 Å². The average molecular weight is 1040 g/mol. The summed E-state index contributed by atoms with van der Waals surface area (Å²) in [6.45, 7) is 6.48. The molecular weight excluding hydrogens is 925 g/mol. The number of allylic oxidation sites excluding steroid dienone is 20. The Balaban J connectivity index is 4.38. The molecule has 0 aromatic carbocycles. The molecule has 0 aliphatic rings. The van der Waals surface area contributed by atoms with Gasteiger partial charge in [0.15, 0.2) is 6.10 Å². The third kappa shape index (κ3) is 60.6. The monoisotopic (exact) mass is 1040 g/mol. The zero-order valence-electron chi connectivity index (χ0n) is 48.8. The van der Waals surface area contributed by atoms with Crippen LogP contribution in [0.1, 0.15) is 278 Å². The van der Waals surface area contributed by atoms with Crippen LogP contribution in [0.2, 0.25) is 0 Å². The van der Waals surface area contributed by atoms with Gasteiger partial charge in [-0.3, -0.25) is 14.4 Å². The van der Waals surface area contributed by atoms with E-state index in [0.717, 1.165) is 148 Å². The Bertz CT molecular complexity index is 1570. The molecule has 0 heterocycles. The first-order valence-corrected chi connectivity index (χ1v) is 31.0. The molecule has 0 amide bonds. The molecule has 0 aromatic heterocycles. The summed E-state index contributed by atoms with van der Waals surface area (Å²) in [7, 11) is 0. The van der Waals surface area contributed by atoms with Crippen LogP contribution in [-0.4, -0.2) is 37.2 Å². The molecule has 0 rings (SSSR count). The van der Waals surface area contributed by atoms with E-state index in [2.05, 4.69) is 142 Å². The van der Waals surface area contributed by atoms with Crippen molar-refractivity contribution >= 4 is 17.9 Å². The summed E-state index contributed by atoms with van der Waals surface area (Å²) in [5.41, 5.74) is 0. The molecule has 0 aromatic rings. The van der Waals surface area contributed by atoms with Crippen molar-refractivity contribution in [2.45, 2.75) is 284 Å². The van der Waals surface area contributed by atoms with Gasteiger partial charge in [0, 0.05) is 19.3 Å². The lowest BCUT2D eigenvalue weighted by Gasteiger charge is -2.18. The van der Waals surface area contributed by atoms with E-state index in [-0.39, 0.29) is 31.1 Å². The molecule has 75 heavy (non-hydrogen) atoms. The van der Waals surface area contributed by atoms with Crippen LogP contribution in [0.25, 0.3) is 0 Å². The summed E-state index contributed by atoms with van der Waals surface area (Å²) in [6, 6.07) is 0. The number of carbonyl (C=O) groups excluding carboxylic acids is 3. The smallest absolute Gasteiger partial charge is 0.306 e. The van der Waals surface area contributed by atoms with E-state index in [9.17, 15) is 14.4 Å². The highest BCUT2D eigenvalue weighted by molar-refractivity contribution is 5.71. The minimum absolute atomic E-state index is 0.0921. The standard InChI is InChI=1S/C69H114O6/c1-4-7-10-13-16-19-22-25-27-29-30-31-32-33-34-35-36-37-38-39-40-41-43-44-47-50-53-56-59-62-68(71)74-65-66(64-73-67(70)61-58-55-52-49-46-24-21-18-15-12-9-6-3)75-69(72)63-60-57-54-51-48-45-42-28-26-23-20-17-14-11-8-5-2/h7,10,16,19-20,23,25,27-28,30-31,33-34,36-37,39-40,42-44,66H,4-6,8-9,11-15,17-18,21-22,24,26,29,32,35,38,41,45-65H2,1-3H3/b10-7-,19-16-,23-20-,27-25-,31-30-,34-33-,37-36-,40-39-,42-28-,44-43-. The lowest BCUT2D eigenvalue weighted by molar-refractivity contribution is -0.167. The zero-order chi connectivity index (χ0) is 54.3. The van der Waals surface area contributed by atoms with Gasteiger partial charge in [-0.1, -0.05) is 264 Å². The normalized spacial score (nSPS) is 12.9. The van der Waals surface area contributed by atoms with Crippen molar-refractivity contribution in [2.24, 2.45) is 0 Å². The number of carbonyl (C=O) groups is 3. The highest BCUT2D eigenvalue weighted by Gasteiger charge is 2.19. The number of unbranched alkanes of at least 4 members (excludes halogenated alkanes) is 24. The first kappa shape index (κ1) is 70.8. The van der Waals surface area contributed by atoms with E-state index >= 15 is 0 Å². The lowest BCUT2D eigenvalue weighted by atomic mass is 10.0. The zero-order valence-corrected chi connectivity index (χ0v) is 48.8. The quantitative estimate of drug-likeness (QED) is 0.0261. The van der Waals surface area contributed by atoms with Gasteiger partial charge in [-0.25, -0.2) is 0 Å². The molecule has 0 saturated heterocycles. The molecule has 0 aliphatic carbocycles. The second-order valence-corrected chi connectivity index (χ2v) is 20.2. The second kappa shape index (κ2) is 62.4. The molecule has 1 unspecified atom stereocenters. The topological polar surface area (TPSA) is 78.9 Å². The molecule has 1 atom stereocenters. The number of rotatable bonds is 55. The number of hydrogen-bond donors (Lipinski definition) is 0. The van der Waals surface area contributed by atoms with Gasteiger partial charge in [-0.05, 0) is 116 Å². The Morgan fingerprint density at radius 1 is 0.280 bits per heavy atom. The Hall–Kier alpha value is -4.19. The van der Waals surface area contributed by atoms with Gasteiger partial charge in [-0.15, -0.1) is 0 Å². The third-order valence-corrected chi connectivity index (χ3v) is 13.0. The van der Waals surface area contributed by atoms with Gasteiger partial charge in [0.1, 0.15) is 13.2 Å². The Kier molecular flexibility index (Phi) is 58.9. The van der Waals surface area contributed by atoms with Crippen LogP contribution >= 0.6 is 0 Å². The highest BCUT2D eigenvalue weighted by Crippen LogP contribution is 2.15. The van der Waals surface area contributed by atoms with Crippen molar-refractivity contribution in [3.8, 4) is 0 Å². The van der Waals surface area contributed by atoms with Gasteiger partial charge in [-0.2, -0.15) is 0 Å². The van der Waals surface area contributed by atoms with Crippen molar-refractivity contribution in [2.75, 3.05) is 13.2 Å². The highest BCUT2D eigenvalue weighted by atomic mass is 16.6. The Morgan fingerprint density at radius 2 is 0.520 bits per heavy atom. The van der Waals surface area contributed by atoms with Crippen LogP contribution in [0.3, 0.4) is 0 Å². The molecule has 426 valence electrons. The average Bonchev–Trinajstić information content (AvgIpc) is 3.41. The van der Waals surface area contributed by atoms with E-state index in [1.165, 1.54) is 89.9 Å². The maximum Gasteiger partial charge on any atom is 0.306 e. The van der Waals surface area contributed by atoms with Crippen molar-refractivity contribution in [1.82, 2.24) is 0 Å². The van der Waals surface area contributed by atoms with E-state index < -0.39 is 6.10 Å². The minimum Gasteiger partial charge on any atom is -0.462 e. The fourth-order valence-electron chi connectivity index (χ4n) is 8.31. The number of hydrogen-bond acceptors (Lipinski definition) is 6. The summed E-state index contributed by atoms with van der Waals surface area (Å²) in [4.78, 5) is 38.2. The molecule has 0 N–H and O–H groups in total. The van der Waals surface area contributed by atoms with Gasteiger partial charge < -0.3 is 14.2 Å². The third-order valence-electron chi connectivity index (χ3n) is 13.0. The van der Waals surface area contributed by atoms with Crippen LogP contribution in [0.4, 0.5) is 0 Å². The second-order valence-electron chi connectivity index (χ2n) is 20.2. The molecule has 6 nitrogen and oxygen atoms in total. The molecule has 6 heteroatoms. The maximum absolute atomic E-state index is 12.9. The first-order valence-electron chi connectivity index (χ1n) is 31.0. The van der Waals surface area contributed by atoms with Crippen molar-refractivity contribution < 1.29 is 28.6 Å². The summed E-state index contributed by atoms with van der Waals surface area (Å²) in [6.07, 6.45) is 86.2. The van der Waals surface area contributed by atoms with Crippen LogP contribution in [0.15, 0.2) is 122 Å². The first-order chi connectivity index (χ1) is 37.0. The molecule has 0 aliphatic heterocycles. The largest absolute Gasteiger partial charge is 0.462 e. The van der Waals surface area contributed by atoms with E-state index in [4.69, 9.17) is 14.2 Å². The summed E-state index contributed by atoms with van der Waals surface area (Å²) in [5.74, 6) is -0.930. The summed E-state index contributed by atoms with van der Waals surface area (Å²) < 4.78 is 16.9. The number of ether oxygens (including phenoxy) is 3. The molecular formula is C69H114O6. The molecule has 0 fully saturated rings. The fourth-order valence-corrected chi connectivity index (χ4v) is 8.31. The minimum atomic E-state index is -0.798. The number of esters is 3. The Labute approximate surface area is 462 Å². The predicted octanol–water partition coefficient (Wildman–Crippen LogP) is 21.2. The van der Waals surface area contributed by atoms with Crippen LogP contribution in [0.5, 0.6) is 0 Å². The van der Waals surface area contributed by atoms with Crippen LogP contribution < -0.4 is 0 Å². The van der Waals surface area contributed by atoms with Gasteiger partial charge in [0.2, 0.25) is 0 Å². The molecule has 0 spiro atoms. The summed E-state index contributed by atoms with van der Waals surface area (Å²) in [5, 5.41) is 0. The van der Waals surface area contributed by atoms with Crippen molar-refractivity contribution in [1.29, 1.82) is 0 Å². The van der Waals surface area contributed by atoms with Gasteiger partial charge in [0.25, 0.3) is 0 Å². The predicted molar refractivity (Wildman–Crippen MR) is 325 cm³/mol. The SMILES string of the molecule is CC/C=C\C/C=C\C/C=C\C/C=C\C/C=C\C/C=C\C/C=C\C/C=C\CCCCCCC(=O)OCC(COC(=O)CCCCCCCCCCCCCC)OC(=O)CCCCCCC/C=C\C/C=C\CCCCCC. The van der Waals surface area contributed by atoms with E-state index in [1.54, 1.807) is 0 Å². The molecule has 0 bridgehead atoms. The molecule has 0 saturated carbocycles. The van der Waals surface area contributed by atoms with Crippen molar-refractivity contribution in [3.05, 3.63) is 122 Å².